The van der Waals surface area contributed by atoms with Crippen molar-refractivity contribution in [1.29, 1.82) is 0 Å². The van der Waals surface area contributed by atoms with E-state index < -0.39 is 38.0 Å². The molecule has 0 saturated carbocycles. The van der Waals surface area contributed by atoms with Crippen LogP contribution in [0.1, 0.15) is 35.5 Å². The fourth-order valence-electron chi connectivity index (χ4n) is 4.43. The van der Waals surface area contributed by atoms with Gasteiger partial charge in [0, 0.05) is 23.9 Å². The summed E-state index contributed by atoms with van der Waals surface area (Å²) in [6.07, 6.45) is 0. The van der Waals surface area contributed by atoms with Gasteiger partial charge in [-0.25, -0.2) is 17.2 Å². The standard InChI is InChI=1S/C26H23F2N5O3S/c1-26(2)23-21(15-33(26)37(35,36)19-13-16(27)12-17(28)14-19)24(32-31-23)30-25(34)20-10-6-7-11-22(20)29-18-8-4-3-5-9-18/h3-14,29H,15H2,1-2H3,(H2,30,31,32,34). The van der Waals surface area contributed by atoms with Crippen LogP contribution in [0.2, 0.25) is 0 Å². The van der Waals surface area contributed by atoms with E-state index in [2.05, 4.69) is 20.8 Å². The molecule has 8 nitrogen and oxygen atoms in total. The van der Waals surface area contributed by atoms with Gasteiger partial charge >= 0.3 is 0 Å². The highest BCUT2D eigenvalue weighted by molar-refractivity contribution is 7.89. The zero-order valence-corrected chi connectivity index (χ0v) is 20.7. The quantitative estimate of drug-likeness (QED) is 0.325. The highest BCUT2D eigenvalue weighted by Gasteiger charge is 2.48. The number of nitrogens with one attached hydrogen (secondary N) is 3. The number of nitrogens with zero attached hydrogens (tertiary/aromatic N) is 2. The zero-order chi connectivity index (χ0) is 26.4. The Labute approximate surface area is 212 Å². The van der Waals surface area contributed by atoms with E-state index in [1.54, 1.807) is 38.1 Å². The Hall–Kier alpha value is -4.09. The molecular formula is C26H23F2N5O3S. The van der Waals surface area contributed by atoms with E-state index in [1.165, 1.54) is 0 Å². The second-order valence-corrected chi connectivity index (χ2v) is 11.0. The molecule has 2 heterocycles. The summed E-state index contributed by atoms with van der Waals surface area (Å²) in [5.41, 5.74) is 1.56. The molecule has 0 unspecified atom stereocenters. The number of hydrogen-bond donors (Lipinski definition) is 3. The van der Waals surface area contributed by atoms with Gasteiger partial charge in [-0.2, -0.15) is 9.40 Å². The molecule has 190 valence electrons. The molecule has 0 fully saturated rings. The van der Waals surface area contributed by atoms with E-state index in [1.807, 2.05) is 30.3 Å². The molecule has 4 aromatic rings. The smallest absolute Gasteiger partial charge is 0.258 e. The van der Waals surface area contributed by atoms with Gasteiger partial charge in [0.15, 0.2) is 5.82 Å². The van der Waals surface area contributed by atoms with E-state index in [4.69, 9.17) is 0 Å². The maximum atomic E-state index is 13.8. The summed E-state index contributed by atoms with van der Waals surface area (Å²) in [5.74, 6) is -2.26. The molecule has 37 heavy (non-hydrogen) atoms. The number of halogens is 2. The summed E-state index contributed by atoms with van der Waals surface area (Å²) in [7, 11) is -4.28. The predicted octanol–water partition coefficient (Wildman–Crippen LogP) is 5.12. The number of aromatic nitrogens is 2. The molecule has 0 saturated heterocycles. The largest absolute Gasteiger partial charge is 0.355 e. The molecule has 1 amide bonds. The monoisotopic (exact) mass is 523 g/mol. The highest BCUT2D eigenvalue weighted by atomic mass is 32.2. The molecule has 0 radical (unpaired) electrons. The maximum Gasteiger partial charge on any atom is 0.258 e. The van der Waals surface area contributed by atoms with Crippen LogP contribution in [0.4, 0.5) is 26.0 Å². The highest BCUT2D eigenvalue weighted by Crippen LogP contribution is 2.44. The third-order valence-corrected chi connectivity index (χ3v) is 8.28. The van der Waals surface area contributed by atoms with E-state index in [9.17, 15) is 22.0 Å². The van der Waals surface area contributed by atoms with Gasteiger partial charge in [-0.1, -0.05) is 30.3 Å². The van der Waals surface area contributed by atoms with Gasteiger partial charge in [0.1, 0.15) is 11.6 Å². The number of rotatable bonds is 6. The lowest BCUT2D eigenvalue weighted by Gasteiger charge is -2.30. The van der Waals surface area contributed by atoms with E-state index in [-0.39, 0.29) is 12.4 Å². The lowest BCUT2D eigenvalue weighted by Crippen LogP contribution is -2.40. The van der Waals surface area contributed by atoms with Crippen LogP contribution in [0.5, 0.6) is 0 Å². The number of para-hydroxylation sites is 2. The van der Waals surface area contributed by atoms with Crippen LogP contribution in [0.15, 0.2) is 77.7 Å². The maximum absolute atomic E-state index is 13.8. The number of carbonyl (C=O) groups excluding carboxylic acids is 1. The van der Waals surface area contributed by atoms with E-state index >= 15 is 0 Å². The Balaban J connectivity index is 1.43. The average Bonchev–Trinajstić information content (AvgIpc) is 3.37. The van der Waals surface area contributed by atoms with Crippen molar-refractivity contribution >= 4 is 33.1 Å². The molecular weight excluding hydrogens is 500 g/mol. The summed E-state index contributed by atoms with van der Waals surface area (Å²) < 4.78 is 55.4. The van der Waals surface area contributed by atoms with Crippen molar-refractivity contribution in [2.75, 3.05) is 10.6 Å². The normalized spacial score (nSPS) is 14.8. The first-order chi connectivity index (χ1) is 17.6. The van der Waals surface area contributed by atoms with Gasteiger partial charge in [0.2, 0.25) is 10.0 Å². The van der Waals surface area contributed by atoms with E-state index in [0.29, 0.717) is 28.6 Å². The van der Waals surface area contributed by atoms with Crippen LogP contribution in [-0.2, 0) is 22.1 Å². The molecule has 0 aliphatic carbocycles. The molecule has 1 aliphatic heterocycles. The second kappa shape index (κ2) is 9.09. The van der Waals surface area contributed by atoms with Crippen LogP contribution < -0.4 is 10.6 Å². The van der Waals surface area contributed by atoms with Gasteiger partial charge in [0.25, 0.3) is 5.91 Å². The molecule has 5 rings (SSSR count). The van der Waals surface area contributed by atoms with Crippen LogP contribution >= 0.6 is 0 Å². The summed E-state index contributed by atoms with van der Waals surface area (Å²) in [6, 6.07) is 18.5. The third-order valence-electron chi connectivity index (χ3n) is 6.28. The first kappa shape index (κ1) is 24.6. The summed E-state index contributed by atoms with van der Waals surface area (Å²) >= 11 is 0. The molecule has 0 bridgehead atoms. The first-order valence-corrected chi connectivity index (χ1v) is 12.8. The minimum atomic E-state index is -4.28. The summed E-state index contributed by atoms with van der Waals surface area (Å²) in [5, 5.41) is 13.0. The Kier molecular flexibility index (Phi) is 6.04. The number of hydrogen-bond acceptors (Lipinski definition) is 5. The molecule has 1 aromatic heterocycles. The third kappa shape index (κ3) is 4.47. The van der Waals surface area contributed by atoms with Gasteiger partial charge in [-0.05, 0) is 50.2 Å². The number of benzene rings is 3. The topological polar surface area (TPSA) is 107 Å². The van der Waals surface area contributed by atoms with Gasteiger partial charge in [-0.3, -0.25) is 9.89 Å². The van der Waals surface area contributed by atoms with Crippen LogP contribution in [0, 0.1) is 11.6 Å². The van der Waals surface area contributed by atoms with Crippen molar-refractivity contribution in [3.63, 3.8) is 0 Å². The number of carbonyl (C=O) groups is 1. The van der Waals surface area contributed by atoms with Crippen LogP contribution in [-0.4, -0.2) is 28.8 Å². The number of anilines is 3. The molecule has 0 spiro atoms. The fraction of sp³-hybridized carbons (Fsp3) is 0.154. The average molecular weight is 524 g/mol. The number of fused-ring (bicyclic) bond motifs is 1. The Morgan fingerprint density at radius 2 is 1.65 bits per heavy atom. The van der Waals surface area contributed by atoms with Crippen molar-refractivity contribution in [1.82, 2.24) is 14.5 Å². The molecule has 3 N–H and O–H groups in total. The predicted molar refractivity (Wildman–Crippen MR) is 135 cm³/mol. The number of sulfonamides is 1. The van der Waals surface area contributed by atoms with Crippen molar-refractivity contribution in [2.24, 2.45) is 0 Å². The lowest BCUT2D eigenvalue weighted by molar-refractivity contribution is 0.102. The van der Waals surface area contributed by atoms with Crippen LogP contribution in [0.25, 0.3) is 0 Å². The van der Waals surface area contributed by atoms with Crippen molar-refractivity contribution in [2.45, 2.75) is 30.8 Å². The van der Waals surface area contributed by atoms with Gasteiger partial charge < -0.3 is 10.6 Å². The van der Waals surface area contributed by atoms with Crippen molar-refractivity contribution < 1.29 is 22.0 Å². The lowest BCUT2D eigenvalue weighted by atomic mass is 10.0. The first-order valence-electron chi connectivity index (χ1n) is 11.4. The Bertz CT molecular complexity index is 1580. The molecule has 11 heteroatoms. The number of aromatic amines is 1. The summed E-state index contributed by atoms with van der Waals surface area (Å²) in [4.78, 5) is 12.7. The summed E-state index contributed by atoms with van der Waals surface area (Å²) in [6.45, 7) is 3.14. The van der Waals surface area contributed by atoms with Gasteiger partial charge in [0.05, 0.1) is 27.4 Å². The minimum absolute atomic E-state index is 0.154. The SMILES string of the molecule is CC1(C)c2[nH]nc(NC(=O)c3ccccc3Nc3ccccc3)c2CN1S(=O)(=O)c1cc(F)cc(F)c1. The number of H-pyrrole nitrogens is 1. The molecule has 0 atom stereocenters. The van der Waals surface area contributed by atoms with Crippen molar-refractivity contribution in [3.8, 4) is 0 Å². The Morgan fingerprint density at radius 3 is 2.35 bits per heavy atom. The van der Waals surface area contributed by atoms with Gasteiger partial charge in [-0.15, -0.1) is 0 Å². The molecule has 3 aromatic carbocycles. The minimum Gasteiger partial charge on any atom is -0.355 e. The fourth-order valence-corrected chi connectivity index (χ4v) is 6.20. The van der Waals surface area contributed by atoms with E-state index in [0.717, 1.165) is 22.1 Å². The Morgan fingerprint density at radius 1 is 1.00 bits per heavy atom. The van der Waals surface area contributed by atoms with Crippen LogP contribution in [0.3, 0.4) is 0 Å². The second-order valence-electron chi connectivity index (χ2n) is 9.09. The number of amides is 1. The zero-order valence-electron chi connectivity index (χ0n) is 19.9. The van der Waals surface area contributed by atoms with Crippen molar-refractivity contribution in [3.05, 3.63) is 101 Å². The molecule has 1 aliphatic rings.